The van der Waals surface area contributed by atoms with Crippen LogP contribution in [0.1, 0.15) is 15.9 Å². The van der Waals surface area contributed by atoms with Crippen molar-refractivity contribution in [2.45, 2.75) is 0 Å². The fourth-order valence-corrected chi connectivity index (χ4v) is 3.86. The third-order valence-corrected chi connectivity index (χ3v) is 5.45. The molecule has 2 aromatic carbocycles. The van der Waals surface area contributed by atoms with Crippen LogP contribution in [0.15, 0.2) is 47.4 Å². The zero-order valence-electron chi connectivity index (χ0n) is 14.7. The zero-order chi connectivity index (χ0) is 21.1. The molecule has 148 valence electrons. The quantitative estimate of drug-likeness (QED) is 0.320. The van der Waals surface area contributed by atoms with Gasteiger partial charge < -0.3 is 4.74 Å². The molecule has 0 spiro atoms. The Morgan fingerprint density at radius 2 is 2.07 bits per heavy atom. The van der Waals surface area contributed by atoms with E-state index in [9.17, 15) is 19.7 Å². The molecule has 0 atom stereocenters. The first kappa shape index (κ1) is 20.8. The highest BCUT2D eigenvalue weighted by atomic mass is 35.5. The fraction of sp³-hybridized carbons (Fsp3) is 0.0556. The van der Waals surface area contributed by atoms with Gasteiger partial charge in [-0.2, -0.15) is 5.01 Å². The van der Waals surface area contributed by atoms with E-state index in [1.165, 1.54) is 31.4 Å². The number of rotatable bonds is 5. The molecule has 0 unspecified atom stereocenters. The summed E-state index contributed by atoms with van der Waals surface area (Å²) in [6.07, 6.45) is 1.45. The van der Waals surface area contributed by atoms with Crippen molar-refractivity contribution in [2.75, 3.05) is 7.11 Å². The van der Waals surface area contributed by atoms with Gasteiger partial charge in [0, 0.05) is 6.07 Å². The summed E-state index contributed by atoms with van der Waals surface area (Å²) in [5.74, 6) is -1.04. The molecule has 0 saturated carbocycles. The van der Waals surface area contributed by atoms with E-state index >= 15 is 0 Å². The van der Waals surface area contributed by atoms with Crippen LogP contribution in [0.5, 0.6) is 5.75 Å². The Kier molecular flexibility index (Phi) is 6.16. The first-order valence-corrected chi connectivity index (χ1v) is 9.58. The Hall–Kier alpha value is -2.95. The molecule has 0 aromatic heterocycles. The third-order valence-electron chi connectivity index (χ3n) is 3.82. The number of amides is 2. The molecule has 1 aliphatic heterocycles. The van der Waals surface area contributed by atoms with Crippen LogP contribution in [-0.2, 0) is 4.79 Å². The minimum absolute atomic E-state index is 0.103. The van der Waals surface area contributed by atoms with E-state index in [0.717, 1.165) is 16.8 Å². The molecule has 0 aliphatic carbocycles. The van der Waals surface area contributed by atoms with Gasteiger partial charge in [-0.3, -0.25) is 25.1 Å². The molecule has 29 heavy (non-hydrogen) atoms. The highest BCUT2D eigenvalue weighted by Crippen LogP contribution is 2.34. The number of hydrogen-bond acceptors (Lipinski definition) is 7. The van der Waals surface area contributed by atoms with Crippen LogP contribution in [0.3, 0.4) is 0 Å². The summed E-state index contributed by atoms with van der Waals surface area (Å²) in [6, 6.07) is 10.7. The van der Waals surface area contributed by atoms with Crippen LogP contribution in [0.2, 0.25) is 5.02 Å². The van der Waals surface area contributed by atoms with Crippen molar-refractivity contribution in [2.24, 2.45) is 0 Å². The number of carbonyl (C=O) groups excluding carboxylic acids is 2. The van der Waals surface area contributed by atoms with Crippen molar-refractivity contribution in [3.63, 3.8) is 0 Å². The Morgan fingerprint density at radius 1 is 1.34 bits per heavy atom. The molecule has 11 heteroatoms. The summed E-state index contributed by atoms with van der Waals surface area (Å²) < 4.78 is 5.08. The molecule has 3 rings (SSSR count). The lowest BCUT2D eigenvalue weighted by atomic mass is 10.1. The molecule has 1 aliphatic rings. The van der Waals surface area contributed by atoms with Crippen molar-refractivity contribution in [3.05, 3.63) is 73.6 Å². The van der Waals surface area contributed by atoms with E-state index in [1.807, 2.05) is 0 Å². The smallest absolute Gasteiger partial charge is 0.311 e. The lowest BCUT2D eigenvalue weighted by Gasteiger charge is -2.16. The van der Waals surface area contributed by atoms with Gasteiger partial charge in [-0.25, -0.2) is 0 Å². The van der Waals surface area contributed by atoms with Gasteiger partial charge in [0.2, 0.25) is 0 Å². The van der Waals surface area contributed by atoms with Crippen molar-refractivity contribution in [3.8, 4) is 5.75 Å². The number of halogens is 1. The van der Waals surface area contributed by atoms with Gasteiger partial charge in [-0.1, -0.05) is 41.6 Å². The molecular formula is C18H12ClN3O5S2. The maximum Gasteiger partial charge on any atom is 0.311 e. The van der Waals surface area contributed by atoms with Gasteiger partial charge in [0.25, 0.3) is 11.8 Å². The third kappa shape index (κ3) is 4.39. The van der Waals surface area contributed by atoms with E-state index < -0.39 is 16.7 Å². The Labute approximate surface area is 179 Å². The Bertz CT molecular complexity index is 1070. The lowest BCUT2D eigenvalue weighted by Crippen LogP contribution is -2.44. The van der Waals surface area contributed by atoms with Gasteiger partial charge in [0.15, 0.2) is 10.1 Å². The normalized spacial score (nSPS) is 15.0. The van der Waals surface area contributed by atoms with E-state index in [-0.39, 0.29) is 31.2 Å². The summed E-state index contributed by atoms with van der Waals surface area (Å²) >= 11 is 12.1. The molecule has 1 fully saturated rings. The summed E-state index contributed by atoms with van der Waals surface area (Å²) in [7, 11) is 1.33. The minimum atomic E-state index is -0.590. The maximum atomic E-state index is 12.7. The molecular weight excluding hydrogens is 438 g/mol. The molecule has 8 nitrogen and oxygen atoms in total. The molecule has 1 heterocycles. The van der Waals surface area contributed by atoms with Crippen molar-refractivity contribution >= 4 is 63.5 Å². The number of hydrogen-bond donors (Lipinski definition) is 1. The lowest BCUT2D eigenvalue weighted by molar-refractivity contribution is -0.385. The highest BCUT2D eigenvalue weighted by Gasteiger charge is 2.34. The molecule has 2 amide bonds. The van der Waals surface area contributed by atoms with Gasteiger partial charge in [-0.15, -0.1) is 0 Å². The van der Waals surface area contributed by atoms with Gasteiger partial charge in [0.1, 0.15) is 0 Å². The predicted octanol–water partition coefficient (Wildman–Crippen LogP) is 3.80. The number of ether oxygens (including phenoxy) is 1. The van der Waals surface area contributed by atoms with Crippen LogP contribution in [0.4, 0.5) is 5.69 Å². The predicted molar refractivity (Wildman–Crippen MR) is 114 cm³/mol. The van der Waals surface area contributed by atoms with Crippen LogP contribution < -0.4 is 10.2 Å². The summed E-state index contributed by atoms with van der Waals surface area (Å²) in [6.45, 7) is 0. The fourth-order valence-electron chi connectivity index (χ4n) is 2.46. The Balaban J connectivity index is 1.83. The summed E-state index contributed by atoms with van der Waals surface area (Å²) in [5, 5.41) is 12.3. The summed E-state index contributed by atoms with van der Waals surface area (Å²) in [5.41, 5.74) is 2.80. The number of nitro benzene ring substituents is 1. The maximum absolute atomic E-state index is 12.7. The van der Waals surface area contributed by atoms with Crippen molar-refractivity contribution in [1.82, 2.24) is 10.4 Å². The second-order valence-corrected chi connectivity index (χ2v) is 7.71. The highest BCUT2D eigenvalue weighted by molar-refractivity contribution is 8.26. The van der Waals surface area contributed by atoms with Crippen molar-refractivity contribution < 1.29 is 19.2 Å². The van der Waals surface area contributed by atoms with Crippen LogP contribution in [-0.4, -0.2) is 33.2 Å². The number of carbonyl (C=O) groups is 2. The molecule has 1 N–H and O–H groups in total. The van der Waals surface area contributed by atoms with E-state index in [0.29, 0.717) is 5.56 Å². The van der Waals surface area contributed by atoms with E-state index in [1.54, 1.807) is 24.3 Å². The van der Waals surface area contributed by atoms with Gasteiger partial charge in [0.05, 0.1) is 27.5 Å². The van der Waals surface area contributed by atoms with E-state index in [4.69, 9.17) is 28.6 Å². The number of methoxy groups -OCH3 is 1. The summed E-state index contributed by atoms with van der Waals surface area (Å²) in [4.78, 5) is 35.9. The first-order valence-electron chi connectivity index (χ1n) is 7.97. The Morgan fingerprint density at radius 3 is 2.72 bits per heavy atom. The topological polar surface area (TPSA) is 102 Å². The number of benzene rings is 2. The standard InChI is InChI=1S/C18H12ClN3O5S2/c1-27-14-7-6-10(8-13(14)22(25)26)9-15-17(24)21(18(28)29-15)20-16(23)11-4-2-3-5-12(11)19/h2-9H,1H3,(H,20,23)/b15-9-. The molecule has 1 saturated heterocycles. The number of nitro groups is 1. The first-order chi connectivity index (χ1) is 13.8. The second-order valence-electron chi connectivity index (χ2n) is 5.63. The zero-order valence-corrected chi connectivity index (χ0v) is 17.1. The van der Waals surface area contributed by atoms with Gasteiger partial charge in [-0.05, 0) is 42.1 Å². The molecule has 0 bridgehead atoms. The number of nitrogens with zero attached hydrogens (tertiary/aromatic N) is 2. The average Bonchev–Trinajstić information content (AvgIpc) is 2.95. The minimum Gasteiger partial charge on any atom is -0.490 e. The largest absolute Gasteiger partial charge is 0.490 e. The molecule has 2 aromatic rings. The van der Waals surface area contributed by atoms with Crippen LogP contribution in [0, 0.1) is 10.1 Å². The number of thiocarbonyl (C=S) groups is 1. The number of thioether (sulfide) groups is 1. The van der Waals surface area contributed by atoms with Crippen LogP contribution >= 0.6 is 35.6 Å². The van der Waals surface area contributed by atoms with Gasteiger partial charge >= 0.3 is 5.69 Å². The SMILES string of the molecule is COc1ccc(/C=C2\SC(=S)N(NC(=O)c3ccccc3Cl)C2=O)cc1[N+](=O)[O-]. The number of nitrogens with one attached hydrogen (secondary N) is 1. The second kappa shape index (κ2) is 8.60. The monoisotopic (exact) mass is 449 g/mol. The van der Waals surface area contributed by atoms with E-state index in [2.05, 4.69) is 5.43 Å². The van der Waals surface area contributed by atoms with Crippen molar-refractivity contribution in [1.29, 1.82) is 0 Å². The molecule has 0 radical (unpaired) electrons. The average molecular weight is 450 g/mol. The van der Waals surface area contributed by atoms with Crippen LogP contribution in [0.25, 0.3) is 6.08 Å². The number of hydrazine groups is 1.